The third-order valence-electron chi connectivity index (χ3n) is 20.7. The van der Waals surface area contributed by atoms with Crippen LogP contribution < -0.4 is 0 Å². The van der Waals surface area contributed by atoms with Gasteiger partial charge in [-0.05, 0) is 0 Å². The van der Waals surface area contributed by atoms with Crippen molar-refractivity contribution in [2.24, 2.45) is 0 Å². The fourth-order valence-electron chi connectivity index (χ4n) is 13.5. The SMILES string of the molecule is OC[C@H]1O[C@H](OC[C@H]2O[C@H](OC[C@H]3O[C@H](OC[C@H]4O[C@H](OC[C@H]5O[C@H](OC[C@H]6O[C@H](OC[C@H]7O[C@H](OC[C@H]8O[C@H](OC[C@H]9O[C@H](OC[C@H]%10OC(O)[C@H](O)[C@@H](O)[C@@H]%10O)[C@H](O)[C@@H](O)[C@@H]9O)[C@H](O)[C@@H](O)[C@@H]8O)[C@H](O)[C@@H](O)[C@@H]7O)[C@H](O)[C@@H](O)[C@@H]6O)[C@H](O)[C@@H](O)[C@@H]5O)[C@H](O)[C@@H](O)[C@@H]4O)[C@H](O)[C@@H](O)[C@@H]3O)[C@H](O)[C@@H](O)[C@@H]2O)[C@H](O)[C@@H](O)[C@@H]1O. The van der Waals surface area contributed by atoms with Gasteiger partial charge in [0.15, 0.2) is 62.9 Å². The molecule has 0 aliphatic carbocycles. The van der Waals surface area contributed by atoms with Crippen molar-refractivity contribution in [3.05, 3.63) is 0 Å². The maximum atomic E-state index is 11.0. The lowest BCUT2D eigenvalue weighted by atomic mass is 9.97. The zero-order valence-corrected chi connectivity index (χ0v) is 58.0. The molecule has 0 aromatic rings. The van der Waals surface area contributed by atoms with Crippen molar-refractivity contribution in [2.45, 2.75) is 307 Å². The molecule has 0 amide bonds. The third-order valence-corrected chi connectivity index (χ3v) is 20.7. The van der Waals surface area contributed by atoms with Crippen molar-refractivity contribution < 1.29 is 253 Å². The van der Waals surface area contributed by atoms with Gasteiger partial charge in [-0.15, -0.1) is 0 Å². The van der Waals surface area contributed by atoms with E-state index < -0.39 is 373 Å². The molecule has 51 heteroatoms. The number of rotatable bonds is 28. The molecule has 10 heterocycles. The predicted molar refractivity (Wildman–Crippen MR) is 330 cm³/mol. The van der Waals surface area contributed by atoms with Gasteiger partial charge in [-0.2, -0.15) is 0 Å². The van der Waals surface area contributed by atoms with E-state index in [1.807, 2.05) is 0 Å². The van der Waals surface area contributed by atoms with E-state index in [2.05, 4.69) is 0 Å². The summed E-state index contributed by atoms with van der Waals surface area (Å²) >= 11 is 0. The van der Waals surface area contributed by atoms with Crippen molar-refractivity contribution in [3.8, 4) is 0 Å². The predicted octanol–water partition coefficient (Wildman–Crippen LogP) is -22.8. The van der Waals surface area contributed by atoms with Crippen LogP contribution in [0.2, 0.25) is 0 Å². The van der Waals surface area contributed by atoms with Gasteiger partial charge in [0.25, 0.3) is 0 Å². The molecule has 10 saturated heterocycles. The highest BCUT2D eigenvalue weighted by Crippen LogP contribution is 2.35. The van der Waals surface area contributed by atoms with E-state index >= 15 is 0 Å². The molecule has 32 N–H and O–H groups in total. The molecule has 111 heavy (non-hydrogen) atoms. The summed E-state index contributed by atoms with van der Waals surface area (Å²) in [5, 5.41) is 340. The molecule has 0 bridgehead atoms. The fourth-order valence-corrected chi connectivity index (χ4v) is 13.5. The molecule has 10 aliphatic rings. The van der Waals surface area contributed by atoms with Gasteiger partial charge in [0.1, 0.15) is 244 Å². The molecule has 0 radical (unpaired) electrons. The van der Waals surface area contributed by atoms with E-state index in [1.54, 1.807) is 0 Å². The molecule has 648 valence electrons. The van der Waals surface area contributed by atoms with Crippen LogP contribution in [0.1, 0.15) is 0 Å². The molecule has 51 nitrogen and oxygen atoms in total. The first kappa shape index (κ1) is 91.3. The number of aliphatic hydroxyl groups is 32. The molecule has 0 saturated carbocycles. The molecule has 10 rings (SSSR count). The molecule has 50 atom stereocenters. The van der Waals surface area contributed by atoms with Crippen LogP contribution in [-0.4, -0.2) is 537 Å². The first-order valence-electron chi connectivity index (χ1n) is 35.2. The summed E-state index contributed by atoms with van der Waals surface area (Å²) in [6.45, 7) is -8.49. The Hall–Kier alpha value is -2.04. The Balaban J connectivity index is 0.678. The lowest BCUT2D eigenvalue weighted by Gasteiger charge is -2.45. The van der Waals surface area contributed by atoms with Gasteiger partial charge >= 0.3 is 0 Å². The van der Waals surface area contributed by atoms with Gasteiger partial charge in [-0.3, -0.25) is 0 Å². The number of hydrogen-bond donors (Lipinski definition) is 32. The van der Waals surface area contributed by atoms with Crippen LogP contribution in [0.5, 0.6) is 0 Å². The quantitative estimate of drug-likeness (QED) is 0.0346. The molecule has 0 aromatic carbocycles. The smallest absolute Gasteiger partial charge is 0.186 e. The maximum absolute atomic E-state index is 11.0. The van der Waals surface area contributed by atoms with E-state index in [0.717, 1.165) is 0 Å². The summed E-state index contributed by atoms with van der Waals surface area (Å²) in [6, 6.07) is 0. The topological polar surface area (TPSA) is 823 Å². The Bertz CT molecular complexity index is 2770. The van der Waals surface area contributed by atoms with Crippen LogP contribution in [-0.2, 0) is 90.0 Å². The molecule has 10 fully saturated rings. The average molecular weight is 1640 g/mol. The van der Waals surface area contributed by atoms with Crippen LogP contribution in [0.15, 0.2) is 0 Å². The Morgan fingerprint density at radius 3 is 0.396 bits per heavy atom. The van der Waals surface area contributed by atoms with Gasteiger partial charge in [-0.25, -0.2) is 0 Å². The van der Waals surface area contributed by atoms with E-state index in [1.165, 1.54) is 0 Å². The van der Waals surface area contributed by atoms with Gasteiger partial charge < -0.3 is 253 Å². The summed E-state index contributed by atoms with van der Waals surface area (Å²) < 4.78 is 105. The molecular formula is C60H102O51. The minimum atomic E-state index is -2.14. The summed E-state index contributed by atoms with van der Waals surface area (Å²) in [6.07, 6.45) is -96.1. The van der Waals surface area contributed by atoms with Crippen molar-refractivity contribution >= 4 is 0 Å². The second-order valence-corrected chi connectivity index (χ2v) is 28.4. The van der Waals surface area contributed by atoms with Crippen molar-refractivity contribution in [2.75, 3.05) is 66.1 Å². The Morgan fingerprint density at radius 2 is 0.252 bits per heavy atom. The van der Waals surface area contributed by atoms with E-state index in [0.29, 0.717) is 0 Å². The second kappa shape index (κ2) is 39.4. The summed E-state index contributed by atoms with van der Waals surface area (Å²) in [4.78, 5) is 0. The standard InChI is InChI=1S/C60H102O51/c61-1-11-21(62)32(73)42(83)52(103-11)94-3-13-23(64)34(75)44(85)54(105-13)96-5-15-25(66)36(77)46(87)56(107-15)98-7-17-27(68)38(79)48(89)58(109-17)100-9-19-29(70)40(81)50(91)60(111-19)101-10-20-30(71)39(80)49(90)59(110-20)99-8-18-28(69)37(78)47(88)57(108-18)97-6-16-26(67)35(76)45(86)55(106-16)95-4-14-24(65)33(74)43(84)53(104-14)93-2-12-22(63)31(72)41(82)51(92)102-12/h11-92H,1-10H2/t11-,12-,13-,14-,15-,16-,17-,18-,19-,20-,21-,22-,23-,24-,25-,26-,27-,28-,29-,30-,31+,32+,33+,34+,35+,36+,37+,38+,39+,40+,41-,42-,43-,44-,45-,46-,47-,48-,49-,50-,51?,52+,53+,54+,55+,56+,57+,58+,59+,60+/m1/s1. The lowest BCUT2D eigenvalue weighted by Crippen LogP contribution is -2.64. The molecule has 1 unspecified atom stereocenters. The Morgan fingerprint density at radius 1 is 0.135 bits per heavy atom. The second-order valence-electron chi connectivity index (χ2n) is 28.4. The van der Waals surface area contributed by atoms with Crippen molar-refractivity contribution in [1.29, 1.82) is 0 Å². The average Bonchev–Trinajstić information content (AvgIpc) is 0.802. The van der Waals surface area contributed by atoms with Crippen LogP contribution >= 0.6 is 0 Å². The number of hydrogen-bond acceptors (Lipinski definition) is 51. The first-order chi connectivity index (χ1) is 52.4. The van der Waals surface area contributed by atoms with Gasteiger partial charge in [0.05, 0.1) is 66.1 Å². The van der Waals surface area contributed by atoms with Gasteiger partial charge in [0, 0.05) is 0 Å². The third kappa shape index (κ3) is 20.2. The number of aliphatic hydroxyl groups excluding tert-OH is 32. The molecule has 0 aromatic heterocycles. The molecular weight excluding hydrogens is 1540 g/mol. The van der Waals surface area contributed by atoms with E-state index in [4.69, 9.17) is 90.0 Å². The zero-order valence-electron chi connectivity index (χ0n) is 58.0. The van der Waals surface area contributed by atoms with Crippen molar-refractivity contribution in [1.82, 2.24) is 0 Å². The minimum Gasteiger partial charge on any atom is -0.394 e. The number of ether oxygens (including phenoxy) is 19. The van der Waals surface area contributed by atoms with Gasteiger partial charge in [0.2, 0.25) is 0 Å². The Kier molecular flexibility index (Phi) is 32.4. The summed E-state index contributed by atoms with van der Waals surface area (Å²) in [5.41, 5.74) is 0. The van der Waals surface area contributed by atoms with Crippen LogP contribution in [0.4, 0.5) is 0 Å². The van der Waals surface area contributed by atoms with Crippen LogP contribution in [0.25, 0.3) is 0 Å². The Labute approximate surface area is 625 Å². The molecule has 0 spiro atoms. The maximum Gasteiger partial charge on any atom is 0.186 e. The zero-order chi connectivity index (χ0) is 81.4. The van der Waals surface area contributed by atoms with E-state index in [-0.39, 0.29) is 0 Å². The van der Waals surface area contributed by atoms with Crippen LogP contribution in [0, 0.1) is 0 Å². The normalized spacial score (nSPS) is 53.7. The fraction of sp³-hybridized carbons (Fsp3) is 1.00. The summed E-state index contributed by atoms with van der Waals surface area (Å²) in [7, 11) is 0. The lowest BCUT2D eigenvalue weighted by molar-refractivity contribution is -0.355. The van der Waals surface area contributed by atoms with Crippen molar-refractivity contribution in [3.63, 3.8) is 0 Å². The first-order valence-corrected chi connectivity index (χ1v) is 35.2. The highest BCUT2D eigenvalue weighted by atomic mass is 16.8. The van der Waals surface area contributed by atoms with Crippen LogP contribution in [0.3, 0.4) is 0 Å². The summed E-state index contributed by atoms with van der Waals surface area (Å²) in [5.74, 6) is 0. The highest BCUT2D eigenvalue weighted by Gasteiger charge is 2.56. The largest absolute Gasteiger partial charge is 0.394 e. The molecule has 10 aliphatic heterocycles. The van der Waals surface area contributed by atoms with E-state index in [9.17, 15) is 163 Å². The highest BCUT2D eigenvalue weighted by molar-refractivity contribution is 5.00. The monoisotopic (exact) mass is 1640 g/mol. The van der Waals surface area contributed by atoms with Gasteiger partial charge in [-0.1, -0.05) is 0 Å². The minimum absolute atomic E-state index is 0.738.